The van der Waals surface area contributed by atoms with Crippen LogP contribution in [0.2, 0.25) is 0 Å². The van der Waals surface area contributed by atoms with Gasteiger partial charge >= 0.3 is 0 Å². The van der Waals surface area contributed by atoms with E-state index in [1.165, 1.54) is 0 Å². The van der Waals surface area contributed by atoms with E-state index in [0.29, 0.717) is 18.5 Å². The predicted octanol–water partition coefficient (Wildman–Crippen LogP) is 5.62. The highest BCUT2D eigenvalue weighted by Crippen LogP contribution is 2.59. The van der Waals surface area contributed by atoms with Gasteiger partial charge in [0, 0.05) is 55.1 Å². The van der Waals surface area contributed by atoms with E-state index in [0.717, 1.165) is 49.9 Å². The van der Waals surface area contributed by atoms with Crippen molar-refractivity contribution >= 4 is 39.3 Å². The first-order valence-corrected chi connectivity index (χ1v) is 15.4. The zero-order valence-electron chi connectivity index (χ0n) is 25.7. The molecular weight excluding hydrogens is 564 g/mol. The second-order valence-corrected chi connectivity index (χ2v) is 12.5. The number of ether oxygens (including phenoxy) is 2. The minimum atomic E-state index is -1.01. The van der Waals surface area contributed by atoms with Crippen LogP contribution in [-0.4, -0.2) is 53.8 Å². The molecule has 4 aliphatic rings. The lowest BCUT2D eigenvalue weighted by Crippen LogP contribution is -2.64. The number of likely N-dealkylation sites (N-methyl/N-ethyl adjacent to an activating group) is 1. The first-order valence-electron chi connectivity index (χ1n) is 15.4. The maximum Gasteiger partial charge on any atom is 0.253 e. The fourth-order valence-electron chi connectivity index (χ4n) is 8.43. The number of para-hydroxylation sites is 1. The quantitative estimate of drug-likeness (QED) is 0.309. The van der Waals surface area contributed by atoms with Gasteiger partial charge in [0.2, 0.25) is 0 Å². The maximum absolute atomic E-state index is 13.9. The third-order valence-corrected chi connectivity index (χ3v) is 10.3. The van der Waals surface area contributed by atoms with Crippen LogP contribution in [0.15, 0.2) is 78.5 Å². The molecule has 4 aromatic rings. The summed E-state index contributed by atoms with van der Waals surface area (Å²) in [6, 6.07) is 17.3. The Morgan fingerprint density at radius 1 is 1.20 bits per heavy atom. The molecule has 1 fully saturated rings. The fraction of sp³-hybridized carbons (Fsp3) is 0.297. The van der Waals surface area contributed by atoms with E-state index >= 15 is 0 Å². The Kier molecular flexibility index (Phi) is 6.05. The molecule has 1 saturated heterocycles. The van der Waals surface area contributed by atoms with E-state index in [-0.39, 0.29) is 23.8 Å². The first-order chi connectivity index (χ1) is 21.8. The van der Waals surface area contributed by atoms with E-state index in [2.05, 4.69) is 46.7 Å². The summed E-state index contributed by atoms with van der Waals surface area (Å²) in [7, 11) is 3.55. The molecule has 0 radical (unpaired) electrons. The SMILES string of the molecule is C#C/C=C\C=C1/C(C)c2c3c(c4c5ccccc5n5c4c2N1[C@H]1CC(N(C)C(=O)c2ccccc2)C(OC)[C@]5(C)O1)CNC3=O. The highest BCUT2D eigenvalue weighted by molar-refractivity contribution is 6.20. The summed E-state index contributed by atoms with van der Waals surface area (Å²) in [5.74, 6) is 2.35. The summed E-state index contributed by atoms with van der Waals surface area (Å²) in [6.45, 7) is 4.67. The van der Waals surface area contributed by atoms with Crippen molar-refractivity contribution < 1.29 is 19.1 Å². The zero-order valence-corrected chi connectivity index (χ0v) is 25.7. The summed E-state index contributed by atoms with van der Waals surface area (Å²) in [6.07, 6.45) is 10.7. The molecule has 8 heteroatoms. The van der Waals surface area contributed by atoms with Crippen LogP contribution in [0.1, 0.15) is 58.0 Å². The van der Waals surface area contributed by atoms with E-state index in [4.69, 9.17) is 15.9 Å². The highest BCUT2D eigenvalue weighted by atomic mass is 16.6. The Hall–Kier alpha value is -4.84. The first kappa shape index (κ1) is 27.7. The number of hydrogen-bond acceptors (Lipinski definition) is 5. The lowest BCUT2D eigenvalue weighted by atomic mass is 9.89. The second kappa shape index (κ2) is 9.83. The van der Waals surface area contributed by atoms with Crippen LogP contribution in [0.4, 0.5) is 5.69 Å². The van der Waals surface area contributed by atoms with Crippen LogP contribution in [-0.2, 0) is 21.7 Å². The van der Waals surface area contributed by atoms with Gasteiger partial charge in [0.05, 0.1) is 28.3 Å². The van der Waals surface area contributed by atoms with Gasteiger partial charge in [0.25, 0.3) is 11.8 Å². The number of anilines is 1. The fourth-order valence-corrected chi connectivity index (χ4v) is 8.43. The Morgan fingerprint density at radius 3 is 2.71 bits per heavy atom. The molecule has 0 spiro atoms. The van der Waals surface area contributed by atoms with Gasteiger partial charge in [-0.2, -0.15) is 0 Å². The number of aromatic nitrogens is 1. The molecule has 0 aliphatic carbocycles. The minimum absolute atomic E-state index is 0.0533. The number of methoxy groups -OCH3 is 1. The number of carbonyl (C=O) groups is 2. The molecule has 5 heterocycles. The summed E-state index contributed by atoms with van der Waals surface area (Å²) in [5, 5.41) is 5.22. The number of terminal acetylenes is 1. The molecule has 2 bridgehead atoms. The van der Waals surface area contributed by atoms with Crippen molar-refractivity contribution in [2.24, 2.45) is 0 Å². The number of carbonyl (C=O) groups excluding carboxylic acids is 2. The largest absolute Gasteiger partial charge is 0.374 e. The molecular formula is C37H34N4O4. The van der Waals surface area contributed by atoms with Crippen LogP contribution in [0.25, 0.3) is 21.8 Å². The molecule has 8 rings (SSSR count). The average molecular weight is 599 g/mol. The number of fused-ring (bicyclic) bond motifs is 10. The van der Waals surface area contributed by atoms with Crippen molar-refractivity contribution in [3.05, 3.63) is 101 Å². The van der Waals surface area contributed by atoms with Crippen molar-refractivity contribution in [2.75, 3.05) is 19.1 Å². The van der Waals surface area contributed by atoms with Crippen LogP contribution in [0.5, 0.6) is 0 Å². The van der Waals surface area contributed by atoms with Gasteiger partial charge < -0.3 is 29.2 Å². The van der Waals surface area contributed by atoms with Crippen molar-refractivity contribution in [3.63, 3.8) is 0 Å². The molecule has 4 aliphatic heterocycles. The van der Waals surface area contributed by atoms with Crippen molar-refractivity contribution in [1.82, 2.24) is 14.8 Å². The number of nitrogens with one attached hydrogen (secondary N) is 1. The van der Waals surface area contributed by atoms with Gasteiger partial charge in [-0.3, -0.25) is 9.59 Å². The van der Waals surface area contributed by atoms with Gasteiger partial charge in [-0.05, 0) is 48.4 Å². The Balaban J connectivity index is 1.46. The van der Waals surface area contributed by atoms with Crippen molar-refractivity contribution in [1.29, 1.82) is 0 Å². The third-order valence-electron chi connectivity index (χ3n) is 10.3. The molecule has 2 amide bonds. The average Bonchev–Trinajstić information content (AvgIpc) is 3.68. The van der Waals surface area contributed by atoms with Crippen molar-refractivity contribution in [3.8, 4) is 12.3 Å². The Labute approximate surface area is 261 Å². The Bertz CT molecular complexity index is 2040. The van der Waals surface area contributed by atoms with E-state index in [1.54, 1.807) is 13.2 Å². The van der Waals surface area contributed by atoms with E-state index in [1.807, 2.05) is 66.6 Å². The number of rotatable bonds is 4. The molecule has 1 N–H and O–H groups in total. The smallest absolute Gasteiger partial charge is 0.253 e. The summed E-state index contributed by atoms with van der Waals surface area (Å²) in [4.78, 5) is 31.6. The number of allylic oxidation sites excluding steroid dienone is 4. The molecule has 1 aromatic heterocycles. The minimum Gasteiger partial charge on any atom is -0.374 e. The molecule has 0 saturated carbocycles. The topological polar surface area (TPSA) is 76.0 Å². The van der Waals surface area contributed by atoms with Gasteiger partial charge in [-0.15, -0.1) is 6.42 Å². The number of hydrogen-bond donors (Lipinski definition) is 1. The van der Waals surface area contributed by atoms with E-state index < -0.39 is 18.1 Å². The number of amides is 2. The molecule has 5 atom stereocenters. The van der Waals surface area contributed by atoms with Crippen LogP contribution < -0.4 is 10.2 Å². The summed E-state index contributed by atoms with van der Waals surface area (Å²) < 4.78 is 15.9. The lowest BCUT2D eigenvalue weighted by molar-refractivity contribution is -0.245. The highest BCUT2D eigenvalue weighted by Gasteiger charge is 2.58. The predicted molar refractivity (Wildman–Crippen MR) is 174 cm³/mol. The van der Waals surface area contributed by atoms with Gasteiger partial charge in [0.15, 0.2) is 5.72 Å². The normalized spacial score (nSPS) is 27.2. The standard InChI is InChI=1S/C37H34N4O4/c1-6-7-9-17-25-21(2)29-31-24(20-38-35(31)42)30-23-16-12-13-18-26(23)41-33(30)32(29)40(25)28-19-27(34(44-5)37(41,3)45-28)39(4)36(43)22-14-10-8-11-15-22/h1,7-18,21,27-28,34H,19-20H2,2-5H3,(H,38,42)/b9-7-,25-17+/t21?,27?,28-,34?,37+/m1/s1. The second-order valence-electron chi connectivity index (χ2n) is 12.5. The summed E-state index contributed by atoms with van der Waals surface area (Å²) in [5.41, 5.74) is 6.33. The molecule has 226 valence electrons. The van der Waals surface area contributed by atoms with Gasteiger partial charge in [-0.25, -0.2) is 0 Å². The third kappa shape index (κ3) is 3.56. The van der Waals surface area contributed by atoms with Crippen molar-refractivity contribution in [2.45, 2.75) is 56.8 Å². The lowest BCUT2D eigenvalue weighted by Gasteiger charge is -2.51. The van der Waals surface area contributed by atoms with Crippen LogP contribution in [0.3, 0.4) is 0 Å². The van der Waals surface area contributed by atoms with Gasteiger partial charge in [-0.1, -0.05) is 55.3 Å². The van der Waals surface area contributed by atoms with E-state index in [9.17, 15) is 9.59 Å². The summed E-state index contributed by atoms with van der Waals surface area (Å²) >= 11 is 0. The number of benzene rings is 3. The molecule has 45 heavy (non-hydrogen) atoms. The Morgan fingerprint density at radius 2 is 1.96 bits per heavy atom. The molecule has 3 unspecified atom stereocenters. The maximum atomic E-state index is 13.9. The molecule has 3 aromatic carbocycles. The van der Waals surface area contributed by atoms with Crippen LogP contribution >= 0.6 is 0 Å². The zero-order chi connectivity index (χ0) is 31.2. The van der Waals surface area contributed by atoms with Crippen LogP contribution in [0, 0.1) is 12.3 Å². The number of nitrogens with zero attached hydrogens (tertiary/aromatic N) is 3. The molecule has 8 nitrogen and oxygen atoms in total. The van der Waals surface area contributed by atoms with Gasteiger partial charge in [0.1, 0.15) is 12.3 Å². The monoisotopic (exact) mass is 598 g/mol.